The second-order valence-electron chi connectivity index (χ2n) is 10.6. The Bertz CT molecular complexity index is 1930. The number of carbonyl (C=O) groups excluding carboxylic acids is 2. The van der Waals surface area contributed by atoms with Gasteiger partial charge in [-0.05, 0) is 48.7 Å². The largest absolute Gasteiger partial charge is 0.450 e. The van der Waals surface area contributed by atoms with Gasteiger partial charge in [-0.15, -0.1) is 0 Å². The van der Waals surface area contributed by atoms with E-state index >= 15 is 0 Å². The first kappa shape index (κ1) is 25.0. The molecule has 0 saturated heterocycles. The number of carbonyl (C=O) groups is 2. The summed E-state index contributed by atoms with van der Waals surface area (Å²) < 4.78 is 20.3. The Morgan fingerprint density at radius 2 is 1.59 bits per heavy atom. The van der Waals surface area contributed by atoms with Crippen molar-refractivity contribution in [3.05, 3.63) is 147 Å². The monoisotopic (exact) mass is 544 g/mol. The predicted octanol–water partition coefficient (Wildman–Crippen LogP) is 5.73. The summed E-state index contributed by atoms with van der Waals surface area (Å²) in [6.45, 7) is 2.40. The summed E-state index contributed by atoms with van der Waals surface area (Å²) in [5.74, 6) is -1.74. The number of nitrogens with zero attached hydrogens (tertiary/aromatic N) is 2. The van der Waals surface area contributed by atoms with Crippen LogP contribution in [0.25, 0.3) is 11.0 Å². The highest BCUT2D eigenvalue weighted by atomic mass is 19.1. The van der Waals surface area contributed by atoms with Crippen molar-refractivity contribution in [3.8, 4) is 0 Å². The molecule has 5 aromatic rings. The molecule has 2 aliphatic rings. The lowest BCUT2D eigenvalue weighted by Gasteiger charge is -2.34. The van der Waals surface area contributed by atoms with Crippen LogP contribution in [-0.2, 0) is 23.3 Å². The average molecular weight is 545 g/mol. The number of aryl methyl sites for hydroxylation is 1. The molecule has 2 aliphatic heterocycles. The quantitative estimate of drug-likeness (QED) is 0.283. The molecule has 4 aromatic carbocycles. The van der Waals surface area contributed by atoms with E-state index in [4.69, 9.17) is 4.42 Å². The van der Waals surface area contributed by atoms with E-state index in [9.17, 15) is 18.8 Å². The third-order valence-corrected chi connectivity index (χ3v) is 8.09. The molecular formula is C34H25FN2O4. The number of rotatable bonds is 5. The first-order chi connectivity index (χ1) is 19.9. The minimum atomic E-state index is -1.75. The molecule has 2 amide bonds. The van der Waals surface area contributed by atoms with Crippen molar-refractivity contribution < 1.29 is 18.4 Å². The van der Waals surface area contributed by atoms with E-state index in [-0.39, 0.29) is 35.4 Å². The van der Waals surface area contributed by atoms with Gasteiger partial charge in [-0.2, -0.15) is 0 Å². The van der Waals surface area contributed by atoms with Crippen molar-refractivity contribution in [2.45, 2.75) is 25.4 Å². The molecule has 0 fully saturated rings. The molecule has 7 heteroatoms. The van der Waals surface area contributed by atoms with Gasteiger partial charge in [0.05, 0.1) is 23.2 Å². The SMILES string of the molecule is Cc1cccc(CN2C(=O)C3(c4ccccc42)c2c(oc4ccc(F)cc4c2=O)C(=O)N3CCc2ccccc2)c1. The van der Waals surface area contributed by atoms with E-state index in [0.29, 0.717) is 17.7 Å². The lowest BCUT2D eigenvalue weighted by atomic mass is 9.83. The van der Waals surface area contributed by atoms with Crippen LogP contribution in [0.3, 0.4) is 0 Å². The maximum Gasteiger partial charge on any atom is 0.291 e. The molecule has 0 saturated carbocycles. The first-order valence-electron chi connectivity index (χ1n) is 13.5. The molecule has 1 atom stereocenters. The molecule has 1 aromatic heterocycles. The van der Waals surface area contributed by atoms with Crippen molar-refractivity contribution >= 4 is 28.5 Å². The van der Waals surface area contributed by atoms with Crippen LogP contribution in [0.2, 0.25) is 0 Å². The van der Waals surface area contributed by atoms with Crippen LogP contribution in [0.1, 0.15) is 38.4 Å². The summed E-state index contributed by atoms with van der Waals surface area (Å²) in [5, 5.41) is -0.0109. The van der Waals surface area contributed by atoms with E-state index in [0.717, 1.165) is 22.8 Å². The van der Waals surface area contributed by atoms with Crippen LogP contribution in [0, 0.1) is 12.7 Å². The van der Waals surface area contributed by atoms with Gasteiger partial charge in [0.2, 0.25) is 5.76 Å². The third kappa shape index (κ3) is 3.65. The summed E-state index contributed by atoms with van der Waals surface area (Å²) in [7, 11) is 0. The number of para-hydroxylation sites is 1. The number of fused-ring (bicyclic) bond motifs is 5. The number of hydrogen-bond donors (Lipinski definition) is 0. The number of amides is 2. The van der Waals surface area contributed by atoms with Crippen LogP contribution in [0.15, 0.2) is 106 Å². The Balaban J connectivity index is 1.47. The van der Waals surface area contributed by atoms with Crippen LogP contribution in [-0.4, -0.2) is 23.3 Å². The number of halogens is 1. The maximum absolute atomic E-state index is 14.8. The number of benzene rings is 4. The van der Waals surface area contributed by atoms with Gasteiger partial charge in [0.1, 0.15) is 11.4 Å². The van der Waals surface area contributed by atoms with E-state index in [1.54, 1.807) is 17.0 Å². The molecular weight excluding hydrogens is 519 g/mol. The Morgan fingerprint density at radius 3 is 2.39 bits per heavy atom. The van der Waals surface area contributed by atoms with Gasteiger partial charge >= 0.3 is 0 Å². The topological polar surface area (TPSA) is 70.8 Å². The van der Waals surface area contributed by atoms with Gasteiger partial charge < -0.3 is 14.2 Å². The summed E-state index contributed by atoms with van der Waals surface area (Å²) in [5.41, 5.74) is 1.80. The lowest BCUT2D eigenvalue weighted by Crippen LogP contribution is -2.53. The summed E-state index contributed by atoms with van der Waals surface area (Å²) >= 11 is 0. The lowest BCUT2D eigenvalue weighted by molar-refractivity contribution is -0.126. The van der Waals surface area contributed by atoms with E-state index in [1.807, 2.05) is 73.7 Å². The van der Waals surface area contributed by atoms with E-state index < -0.39 is 28.6 Å². The van der Waals surface area contributed by atoms with Gasteiger partial charge in [0.25, 0.3) is 11.8 Å². The minimum absolute atomic E-state index is 0.0109. The fraction of sp³-hybridized carbons (Fsp3) is 0.147. The third-order valence-electron chi connectivity index (χ3n) is 8.09. The highest BCUT2D eigenvalue weighted by molar-refractivity contribution is 6.17. The smallest absolute Gasteiger partial charge is 0.291 e. The highest BCUT2D eigenvalue weighted by Crippen LogP contribution is 2.52. The first-order valence-corrected chi connectivity index (χ1v) is 13.5. The second kappa shape index (κ2) is 9.27. The van der Waals surface area contributed by atoms with Gasteiger partial charge in [-0.3, -0.25) is 14.4 Å². The number of hydrogen-bond acceptors (Lipinski definition) is 4. The Kier molecular flexibility index (Phi) is 5.64. The fourth-order valence-corrected chi connectivity index (χ4v) is 6.30. The van der Waals surface area contributed by atoms with Crippen LogP contribution in [0.5, 0.6) is 0 Å². The minimum Gasteiger partial charge on any atom is -0.450 e. The van der Waals surface area contributed by atoms with Crippen molar-refractivity contribution in [2.24, 2.45) is 0 Å². The van der Waals surface area contributed by atoms with Gasteiger partial charge in [-0.25, -0.2) is 4.39 Å². The average Bonchev–Trinajstić information content (AvgIpc) is 3.37. The zero-order chi connectivity index (χ0) is 28.3. The van der Waals surface area contributed by atoms with Crippen molar-refractivity contribution in [2.75, 3.05) is 11.4 Å². The predicted molar refractivity (Wildman–Crippen MR) is 153 cm³/mol. The van der Waals surface area contributed by atoms with Crippen molar-refractivity contribution in [3.63, 3.8) is 0 Å². The standard InChI is InChI=1S/C34H25FN2O4/c1-21-8-7-11-23(18-21)20-36-27-13-6-5-12-26(27)34(33(36)40)29-30(38)25-19-24(35)14-15-28(25)41-31(29)32(39)37(34)17-16-22-9-3-2-4-10-22/h2-15,18-19H,16-17,20H2,1H3. The van der Waals surface area contributed by atoms with E-state index in [2.05, 4.69) is 0 Å². The Hall–Kier alpha value is -5.04. The zero-order valence-corrected chi connectivity index (χ0v) is 22.3. The Morgan fingerprint density at radius 1 is 0.829 bits per heavy atom. The molecule has 7 rings (SSSR count). The molecule has 0 radical (unpaired) electrons. The van der Waals surface area contributed by atoms with Crippen LogP contribution in [0.4, 0.5) is 10.1 Å². The maximum atomic E-state index is 14.8. The molecule has 0 aliphatic carbocycles. The van der Waals surface area contributed by atoms with Crippen molar-refractivity contribution in [1.82, 2.24) is 4.90 Å². The van der Waals surface area contributed by atoms with Crippen LogP contribution >= 0.6 is 0 Å². The molecule has 1 spiro atoms. The second-order valence-corrected chi connectivity index (χ2v) is 10.6. The number of anilines is 1. The van der Waals surface area contributed by atoms with Gasteiger partial charge in [-0.1, -0.05) is 78.4 Å². The molecule has 1 unspecified atom stereocenters. The molecule has 3 heterocycles. The summed E-state index contributed by atoms with van der Waals surface area (Å²) in [6, 6.07) is 28.4. The molecule has 0 bridgehead atoms. The normalized spacial score (nSPS) is 17.5. The highest BCUT2D eigenvalue weighted by Gasteiger charge is 2.64. The summed E-state index contributed by atoms with van der Waals surface area (Å²) in [6.07, 6.45) is 0.456. The van der Waals surface area contributed by atoms with Gasteiger partial charge in [0.15, 0.2) is 11.0 Å². The van der Waals surface area contributed by atoms with Gasteiger partial charge in [0, 0.05) is 12.1 Å². The Labute approximate surface area is 235 Å². The van der Waals surface area contributed by atoms with Crippen molar-refractivity contribution in [1.29, 1.82) is 0 Å². The fourth-order valence-electron chi connectivity index (χ4n) is 6.30. The van der Waals surface area contributed by atoms with E-state index in [1.165, 1.54) is 17.0 Å². The van der Waals surface area contributed by atoms with Crippen LogP contribution < -0.4 is 10.3 Å². The molecule has 0 N–H and O–H groups in total. The molecule has 41 heavy (non-hydrogen) atoms. The zero-order valence-electron chi connectivity index (χ0n) is 22.3. The molecule has 6 nitrogen and oxygen atoms in total. The molecule has 202 valence electrons. The summed E-state index contributed by atoms with van der Waals surface area (Å²) in [4.78, 5) is 46.3.